The molecule has 100 valence electrons. The number of aromatic nitrogens is 2. The predicted octanol–water partition coefficient (Wildman–Crippen LogP) is 3.40. The summed E-state index contributed by atoms with van der Waals surface area (Å²) >= 11 is 3.41. The third-order valence-electron chi connectivity index (χ3n) is 3.28. The topological polar surface area (TPSA) is 34.9 Å². The van der Waals surface area contributed by atoms with Gasteiger partial charge in [-0.05, 0) is 35.7 Å². The normalized spacial score (nSPS) is 10.8. The van der Waals surface area contributed by atoms with Crippen molar-refractivity contribution in [2.75, 3.05) is 0 Å². The number of hydrogen-bond donors (Lipinski definition) is 0. The number of hydrogen-bond acceptors (Lipinski definition) is 2. The Morgan fingerprint density at radius 2 is 2.05 bits per heavy atom. The van der Waals surface area contributed by atoms with E-state index in [9.17, 15) is 4.79 Å². The van der Waals surface area contributed by atoms with Crippen LogP contribution in [0.4, 0.5) is 0 Å². The van der Waals surface area contributed by atoms with Gasteiger partial charge in [-0.1, -0.05) is 28.1 Å². The third kappa shape index (κ3) is 2.65. The lowest BCUT2D eigenvalue weighted by Gasteiger charge is -2.07. The van der Waals surface area contributed by atoms with Crippen LogP contribution in [0.5, 0.6) is 0 Å². The highest BCUT2D eigenvalue weighted by Crippen LogP contribution is 2.16. The molecular formula is C16H13BrN2O. The van der Waals surface area contributed by atoms with Crippen LogP contribution in [0.2, 0.25) is 0 Å². The molecule has 0 radical (unpaired) electrons. The fraction of sp³-hybridized carbons (Fsp3) is 0.125. The van der Waals surface area contributed by atoms with Crippen LogP contribution in [0, 0.1) is 0 Å². The maximum atomic E-state index is 12.4. The Bertz CT molecular complexity index is 796. The van der Waals surface area contributed by atoms with Crippen molar-refractivity contribution in [3.63, 3.8) is 0 Å². The second-order valence-electron chi connectivity index (χ2n) is 4.62. The van der Waals surface area contributed by atoms with Crippen molar-refractivity contribution in [1.82, 2.24) is 9.55 Å². The number of fused-ring (bicyclic) bond motifs is 1. The van der Waals surface area contributed by atoms with E-state index in [0.29, 0.717) is 6.54 Å². The van der Waals surface area contributed by atoms with Gasteiger partial charge in [0.25, 0.3) is 5.56 Å². The fourth-order valence-corrected chi connectivity index (χ4v) is 2.57. The van der Waals surface area contributed by atoms with Crippen molar-refractivity contribution < 1.29 is 0 Å². The Kier molecular flexibility index (Phi) is 3.65. The average Bonchev–Trinajstić information content (AvgIpc) is 2.48. The van der Waals surface area contributed by atoms with Gasteiger partial charge in [0, 0.05) is 40.9 Å². The highest BCUT2D eigenvalue weighted by atomic mass is 79.9. The molecule has 2 aromatic heterocycles. The summed E-state index contributed by atoms with van der Waals surface area (Å²) in [4.78, 5) is 16.7. The van der Waals surface area contributed by atoms with E-state index in [1.165, 1.54) is 0 Å². The summed E-state index contributed by atoms with van der Waals surface area (Å²) in [6, 6.07) is 13.6. The molecule has 0 unspecified atom stereocenters. The van der Waals surface area contributed by atoms with Crippen molar-refractivity contribution in [3.8, 4) is 0 Å². The summed E-state index contributed by atoms with van der Waals surface area (Å²) in [7, 11) is 0. The Morgan fingerprint density at radius 1 is 1.15 bits per heavy atom. The summed E-state index contributed by atoms with van der Waals surface area (Å²) < 4.78 is 2.66. The molecule has 0 saturated heterocycles. The maximum Gasteiger partial charge on any atom is 0.258 e. The van der Waals surface area contributed by atoms with Gasteiger partial charge in [-0.3, -0.25) is 9.78 Å². The molecule has 4 heteroatoms. The molecule has 0 spiro atoms. The second-order valence-corrected chi connectivity index (χ2v) is 5.53. The molecule has 0 saturated carbocycles. The molecule has 0 aliphatic carbocycles. The Hall–Kier alpha value is -1.94. The molecule has 0 aliphatic rings. The zero-order chi connectivity index (χ0) is 13.9. The number of halogens is 1. The van der Waals surface area contributed by atoms with Crippen molar-refractivity contribution >= 4 is 26.7 Å². The molecule has 2 heterocycles. The molecule has 20 heavy (non-hydrogen) atoms. The first-order valence-corrected chi connectivity index (χ1v) is 7.22. The van der Waals surface area contributed by atoms with E-state index in [2.05, 4.69) is 20.9 Å². The van der Waals surface area contributed by atoms with Crippen LogP contribution < -0.4 is 5.56 Å². The lowest BCUT2D eigenvalue weighted by Crippen LogP contribution is -2.20. The van der Waals surface area contributed by atoms with Gasteiger partial charge < -0.3 is 4.57 Å². The first-order valence-electron chi connectivity index (χ1n) is 6.43. The molecule has 3 nitrogen and oxygen atoms in total. The summed E-state index contributed by atoms with van der Waals surface area (Å²) in [6.07, 6.45) is 4.37. The maximum absolute atomic E-state index is 12.4. The van der Waals surface area contributed by atoms with Crippen molar-refractivity contribution in [3.05, 3.63) is 75.4 Å². The SMILES string of the molecule is O=c1c2cc(Br)ccc2ccn1CCc1ccccn1. The quantitative estimate of drug-likeness (QED) is 0.738. The molecule has 0 N–H and O–H groups in total. The molecular weight excluding hydrogens is 316 g/mol. The lowest BCUT2D eigenvalue weighted by atomic mass is 10.2. The highest BCUT2D eigenvalue weighted by molar-refractivity contribution is 9.10. The van der Waals surface area contributed by atoms with Gasteiger partial charge in [0.15, 0.2) is 0 Å². The molecule has 1 aromatic carbocycles. The minimum Gasteiger partial charge on any atom is -0.315 e. The van der Waals surface area contributed by atoms with E-state index in [4.69, 9.17) is 0 Å². The van der Waals surface area contributed by atoms with Gasteiger partial charge in [-0.15, -0.1) is 0 Å². The van der Waals surface area contributed by atoms with Gasteiger partial charge in [0.2, 0.25) is 0 Å². The van der Waals surface area contributed by atoms with E-state index in [-0.39, 0.29) is 5.56 Å². The fourth-order valence-electron chi connectivity index (χ4n) is 2.21. The summed E-state index contributed by atoms with van der Waals surface area (Å²) in [5.74, 6) is 0. The van der Waals surface area contributed by atoms with Crippen LogP contribution in [0.25, 0.3) is 10.8 Å². The molecule has 3 rings (SSSR count). The second kappa shape index (κ2) is 5.59. The predicted molar refractivity (Wildman–Crippen MR) is 83.8 cm³/mol. The van der Waals surface area contributed by atoms with Crippen molar-refractivity contribution in [2.45, 2.75) is 13.0 Å². The Morgan fingerprint density at radius 3 is 2.85 bits per heavy atom. The van der Waals surface area contributed by atoms with Gasteiger partial charge in [-0.2, -0.15) is 0 Å². The monoisotopic (exact) mass is 328 g/mol. The standard InChI is InChI=1S/C16H13BrN2O/c17-13-5-4-12-6-9-19(16(20)15(12)11-13)10-7-14-3-1-2-8-18-14/h1-6,8-9,11H,7,10H2. The largest absolute Gasteiger partial charge is 0.315 e. The molecule has 0 fully saturated rings. The summed E-state index contributed by atoms with van der Waals surface area (Å²) in [6.45, 7) is 0.637. The molecule has 3 aromatic rings. The first kappa shape index (κ1) is 13.1. The van der Waals surface area contributed by atoms with Crippen LogP contribution in [-0.2, 0) is 13.0 Å². The van der Waals surface area contributed by atoms with E-state index < -0.39 is 0 Å². The Balaban J connectivity index is 1.92. The summed E-state index contributed by atoms with van der Waals surface area (Å²) in [5, 5.41) is 1.70. The van der Waals surface area contributed by atoms with Gasteiger partial charge in [-0.25, -0.2) is 0 Å². The first-order chi connectivity index (χ1) is 9.74. The average molecular weight is 329 g/mol. The van der Waals surface area contributed by atoms with Crippen LogP contribution in [0.1, 0.15) is 5.69 Å². The number of pyridine rings is 2. The van der Waals surface area contributed by atoms with Crippen molar-refractivity contribution in [2.24, 2.45) is 0 Å². The van der Waals surface area contributed by atoms with E-state index >= 15 is 0 Å². The van der Waals surface area contributed by atoms with Gasteiger partial charge in [0.1, 0.15) is 0 Å². The lowest BCUT2D eigenvalue weighted by molar-refractivity contribution is 0.666. The number of aryl methyl sites for hydroxylation is 2. The Labute approximate surface area is 125 Å². The molecule has 0 amide bonds. The van der Waals surface area contributed by atoms with Crippen LogP contribution in [0.3, 0.4) is 0 Å². The highest BCUT2D eigenvalue weighted by Gasteiger charge is 2.04. The van der Waals surface area contributed by atoms with Crippen LogP contribution in [0.15, 0.2) is 64.1 Å². The molecule has 0 atom stereocenters. The minimum absolute atomic E-state index is 0.0414. The van der Waals surface area contributed by atoms with Crippen molar-refractivity contribution in [1.29, 1.82) is 0 Å². The minimum atomic E-state index is 0.0414. The van der Waals surface area contributed by atoms with Gasteiger partial charge >= 0.3 is 0 Å². The smallest absolute Gasteiger partial charge is 0.258 e. The molecule has 0 aliphatic heterocycles. The van der Waals surface area contributed by atoms with Gasteiger partial charge in [0.05, 0.1) is 0 Å². The van der Waals surface area contributed by atoms with E-state index in [1.807, 2.05) is 48.7 Å². The van der Waals surface area contributed by atoms with Crippen LogP contribution in [-0.4, -0.2) is 9.55 Å². The van der Waals surface area contributed by atoms with Crippen LogP contribution >= 0.6 is 15.9 Å². The summed E-state index contributed by atoms with van der Waals surface area (Å²) in [5.41, 5.74) is 1.04. The molecule has 0 bridgehead atoms. The number of nitrogens with zero attached hydrogens (tertiary/aromatic N) is 2. The third-order valence-corrected chi connectivity index (χ3v) is 3.77. The number of benzene rings is 1. The van der Waals surface area contributed by atoms with E-state index in [1.54, 1.807) is 10.8 Å². The van der Waals surface area contributed by atoms with E-state index in [0.717, 1.165) is 27.4 Å². The zero-order valence-electron chi connectivity index (χ0n) is 10.8. The number of rotatable bonds is 3. The zero-order valence-corrected chi connectivity index (χ0v) is 12.4.